The fourth-order valence-electron chi connectivity index (χ4n) is 18.3. The molecule has 4 aliphatic carbocycles. The van der Waals surface area contributed by atoms with Crippen LogP contribution in [-0.4, -0.2) is 125 Å². The van der Waals surface area contributed by atoms with E-state index in [0.717, 1.165) is 109 Å². The topological polar surface area (TPSA) is 341 Å². The molecule has 4 amide bonds. The Morgan fingerprint density at radius 3 is 0.754 bits per heavy atom. The van der Waals surface area contributed by atoms with Gasteiger partial charge < -0.3 is 9.11 Å². The van der Waals surface area contributed by atoms with E-state index in [0.29, 0.717) is 43.1 Å². The average Bonchev–Trinajstić information content (AvgIpc) is 1.64. The van der Waals surface area contributed by atoms with Crippen LogP contribution >= 0.6 is 0 Å². The van der Waals surface area contributed by atoms with Gasteiger partial charge in [-0.2, -0.15) is 27.0 Å². The molecule has 2 N–H and O–H groups in total. The molecule has 0 saturated heterocycles. The van der Waals surface area contributed by atoms with Crippen LogP contribution in [0, 0.1) is 0 Å². The van der Waals surface area contributed by atoms with Crippen LogP contribution in [-0.2, 0) is 69.4 Å². The molecule has 4 aliphatic rings. The van der Waals surface area contributed by atoms with Crippen molar-refractivity contribution in [3.8, 4) is 44.5 Å². The first-order chi connectivity index (χ1) is 63.6. The number of fused-ring (bicyclic) bond motifs is 16. The van der Waals surface area contributed by atoms with Crippen molar-refractivity contribution in [1.82, 2.24) is 10.1 Å². The van der Waals surface area contributed by atoms with Gasteiger partial charge in [-0.05, 0) is 229 Å². The molecule has 134 heavy (non-hydrogen) atoms. The van der Waals surface area contributed by atoms with E-state index in [-0.39, 0.29) is 167 Å². The molecule has 30 heteroatoms. The molecule has 16 aromatic rings. The summed E-state index contributed by atoms with van der Waals surface area (Å²) in [6, 6.07) is 99.2. The number of amides is 4. The van der Waals surface area contributed by atoms with E-state index in [1.165, 1.54) is 84.9 Å². The van der Waals surface area contributed by atoms with Gasteiger partial charge in [-0.3, -0.25) is 47.6 Å². The zero-order valence-corrected chi connectivity index (χ0v) is 79.2. The largest absolute Gasteiger partial charge is 1.00 e. The van der Waals surface area contributed by atoms with Gasteiger partial charge in [0.15, 0.2) is 0 Å². The van der Waals surface area contributed by atoms with E-state index in [9.17, 15) is 71.1 Å². The predicted octanol–water partition coefficient (Wildman–Crippen LogP) is 13.0. The maximum Gasteiger partial charge on any atom is 1.00 e. The molecule has 0 unspecified atom stereocenters. The second-order valence-corrected chi connectivity index (χ2v) is 38.1. The van der Waals surface area contributed by atoms with Crippen molar-refractivity contribution in [3.63, 3.8) is 0 Å². The maximum atomic E-state index is 14.7. The summed E-state index contributed by atoms with van der Waals surface area (Å²) < 4.78 is 140. The number of hydroxylamine groups is 6. The number of hydrogen-bond acceptors (Lipinski definition) is 18. The molecular weight excluding hydrogens is 1800 g/mol. The summed E-state index contributed by atoms with van der Waals surface area (Å²) in [7, 11) is -18.6. The third-order valence-corrected chi connectivity index (χ3v) is 28.1. The van der Waals surface area contributed by atoms with Crippen LogP contribution in [0.3, 0.4) is 0 Å². The zero-order valence-electron chi connectivity index (χ0n) is 72.0. The Morgan fingerprint density at radius 2 is 0.493 bits per heavy atom. The van der Waals surface area contributed by atoms with Gasteiger partial charge in [-0.1, -0.05) is 243 Å². The first-order valence-electron chi connectivity index (χ1n) is 42.2. The van der Waals surface area contributed by atoms with Crippen LogP contribution in [0.4, 0.5) is 11.4 Å². The third-order valence-electron chi connectivity index (χ3n) is 24.7. The normalized spacial score (nSPS) is 13.1. The Morgan fingerprint density at radius 1 is 0.269 bits per heavy atom. The van der Waals surface area contributed by atoms with Crippen LogP contribution in [0.25, 0.3) is 87.6 Å². The van der Waals surface area contributed by atoms with Crippen molar-refractivity contribution in [2.24, 2.45) is 0 Å². The van der Waals surface area contributed by atoms with Crippen LogP contribution < -0.4 is 69.2 Å². The number of hydrogen-bond donors (Lipinski definition) is 2. The first-order valence-corrected chi connectivity index (χ1v) is 47.9. The minimum Gasteiger partial charge on any atom is -0.744 e. The van der Waals surface area contributed by atoms with E-state index in [2.05, 4.69) is 0 Å². The molecule has 660 valence electrons. The number of benzene rings is 16. The zero-order chi connectivity index (χ0) is 91.5. The van der Waals surface area contributed by atoms with E-state index < -0.39 is 73.9 Å². The minimum atomic E-state index is -4.79. The predicted molar refractivity (Wildman–Crippen MR) is 496 cm³/mol. The molecule has 0 fully saturated rings. The van der Waals surface area contributed by atoms with Crippen molar-refractivity contribution in [3.05, 3.63) is 395 Å². The van der Waals surface area contributed by atoms with E-state index in [1.807, 2.05) is 194 Å². The molecule has 0 bridgehead atoms. The average molecular weight is 1880 g/mol. The van der Waals surface area contributed by atoms with Crippen LogP contribution in [0.2, 0.25) is 0 Å². The summed E-state index contributed by atoms with van der Waals surface area (Å²) in [5.74, 6) is -3.34. The van der Waals surface area contributed by atoms with Crippen molar-refractivity contribution < 1.29 is 150 Å². The molecule has 16 aromatic carbocycles. The van der Waals surface area contributed by atoms with Crippen LogP contribution in [0.1, 0.15) is 102 Å². The van der Waals surface area contributed by atoms with Crippen molar-refractivity contribution >= 4 is 119 Å². The Hall–Kier alpha value is -12.1. The maximum absolute atomic E-state index is 14.7. The van der Waals surface area contributed by atoms with Gasteiger partial charge in [0.2, 0.25) is 0 Å². The molecular formula is C104H78N4Na2O20S4. The van der Waals surface area contributed by atoms with Gasteiger partial charge in [-0.25, -0.2) is 27.0 Å². The second kappa shape index (κ2) is 38.7. The van der Waals surface area contributed by atoms with E-state index in [1.54, 1.807) is 60.7 Å². The number of carbonyl (C=O) groups excluding carboxylic acids is 4. The van der Waals surface area contributed by atoms with Gasteiger partial charge in [0.25, 0.3) is 43.9 Å². The van der Waals surface area contributed by atoms with Crippen LogP contribution in [0.5, 0.6) is 0 Å². The molecule has 0 atom stereocenters. The summed E-state index contributed by atoms with van der Waals surface area (Å²) in [5.41, 5.74) is 17.4. The smallest absolute Gasteiger partial charge is 0.744 e. The van der Waals surface area contributed by atoms with Crippen molar-refractivity contribution in [1.29, 1.82) is 0 Å². The van der Waals surface area contributed by atoms with Gasteiger partial charge in [0.1, 0.15) is 20.2 Å². The van der Waals surface area contributed by atoms with E-state index >= 15 is 0 Å². The Labute approximate surface area is 816 Å². The van der Waals surface area contributed by atoms with Crippen molar-refractivity contribution in [2.75, 3.05) is 49.6 Å². The van der Waals surface area contributed by atoms with E-state index in [4.69, 9.17) is 19.4 Å². The Bertz CT molecular complexity index is 7260. The molecule has 20 rings (SSSR count). The molecule has 0 radical (unpaired) electrons. The molecule has 0 aromatic heterocycles. The Kier molecular flexibility index (Phi) is 27.1. The fraction of sp³-hybridized carbons (Fsp3) is 0.115. The van der Waals surface area contributed by atoms with Gasteiger partial charge >= 0.3 is 59.1 Å². The van der Waals surface area contributed by atoms with Gasteiger partial charge in [0.05, 0.1) is 70.5 Å². The SMILES string of the molecule is O=C(c1ccc2ccc(S(=O)(=O)O)cc2c1)N(CCC(=O)N(OCC1c2ccccc2-c2ccccc21)c1ccc2ccc(S(=O)(=O)[O-])cc2c1)OCC1c2ccccc2-c2ccccc21.O=C(c1ccc2ccc(S(=O)(=O)O)cc2c1)N(CCC(=O)N(OCC1c2ccccc2-c2ccccc21)c1ccc2ccc(S(=O)(=O)[O-])cc2c1)OCC1c2ccccc2-c2ccccc21.[Na+].[Na+]. The monoisotopic (exact) mass is 1880 g/mol. The summed E-state index contributed by atoms with van der Waals surface area (Å²) in [6.45, 7) is -0.366. The molecule has 0 spiro atoms. The van der Waals surface area contributed by atoms with Gasteiger partial charge in [0, 0.05) is 47.6 Å². The first kappa shape index (κ1) is 93.7. The quantitative estimate of drug-likeness (QED) is 0.0289. The number of anilines is 2. The summed E-state index contributed by atoms with van der Waals surface area (Å²) in [6.07, 6.45) is -0.621. The number of nitrogens with zero attached hydrogens (tertiary/aromatic N) is 4. The summed E-state index contributed by atoms with van der Waals surface area (Å²) >= 11 is 0. The molecule has 0 heterocycles. The van der Waals surface area contributed by atoms with Crippen LogP contribution in [0.15, 0.2) is 359 Å². The Balaban J connectivity index is 0.000000184. The standard InChI is InChI=1S/2C52H40N2O10S2.2Na/c2*55-51(54(38-22-19-34-21-24-40(66(60,61)62)30-37(34)28-38)64-32-50-47-15-7-3-11-43(47)44-12-4-8-16-48(44)50)25-26-53(52(56)35-18-17-33-20-23-39(65(57,58)59)29-36(33)27-35)63-31-49-45-13-5-1-9-41(45)42-10-2-6-14-46(42)49;;/h2*1-24,27-30,49-50H,25-26,31-32H2,(H,57,58,59)(H,60,61,62);;/q;;2*+1/p-2. The molecule has 24 nitrogen and oxygen atoms in total. The second-order valence-electron chi connectivity index (χ2n) is 32.5. The summed E-state index contributed by atoms with van der Waals surface area (Å²) in [4.78, 5) is 83.1. The molecule has 0 saturated carbocycles. The number of rotatable bonds is 26. The number of carbonyl (C=O) groups is 4. The fourth-order valence-corrected chi connectivity index (χ4v) is 20.4. The molecule has 0 aliphatic heterocycles. The van der Waals surface area contributed by atoms with Gasteiger partial charge in [-0.15, -0.1) is 0 Å². The third kappa shape index (κ3) is 19.1. The van der Waals surface area contributed by atoms with Crippen molar-refractivity contribution in [2.45, 2.75) is 56.1 Å². The minimum absolute atomic E-state index is 0. The summed E-state index contributed by atoms with van der Waals surface area (Å²) in [5, 5.41) is 8.54.